The fraction of sp³-hybridized carbons (Fsp3) is 0.333. The Morgan fingerprint density at radius 2 is 2.00 bits per heavy atom. The Morgan fingerprint density at radius 1 is 1.40 bits per heavy atom. The van der Waals surface area contributed by atoms with Crippen molar-refractivity contribution in [3.05, 3.63) is 10.3 Å². The molecule has 0 bridgehead atoms. The molecule has 1 aromatic rings. The van der Waals surface area contributed by atoms with Gasteiger partial charge in [0.25, 0.3) is 0 Å². The van der Waals surface area contributed by atoms with Gasteiger partial charge in [-0.25, -0.2) is 0 Å². The molecular formula is C3HBrF3N3. The number of halogens is 4. The molecule has 0 aromatic carbocycles. The van der Waals surface area contributed by atoms with Crippen molar-refractivity contribution >= 4 is 15.9 Å². The number of hydrogen-bond donors (Lipinski definition) is 1. The first-order valence-corrected chi connectivity index (χ1v) is 2.95. The molecule has 0 fully saturated rings. The number of H-pyrrole nitrogens is 1. The number of aromatic nitrogens is 3. The summed E-state index contributed by atoms with van der Waals surface area (Å²) in [4.78, 5) is 0. The number of aromatic amines is 1. The first-order chi connectivity index (χ1) is 4.52. The van der Waals surface area contributed by atoms with Crippen LogP contribution in [0.25, 0.3) is 0 Å². The molecule has 0 aliphatic rings. The van der Waals surface area contributed by atoms with Gasteiger partial charge in [0.15, 0.2) is 10.3 Å². The highest BCUT2D eigenvalue weighted by Gasteiger charge is 2.35. The second kappa shape index (κ2) is 2.22. The molecule has 1 rings (SSSR count). The van der Waals surface area contributed by atoms with Gasteiger partial charge in [-0.15, -0.1) is 5.10 Å². The highest BCUT2D eigenvalue weighted by atomic mass is 79.9. The van der Waals surface area contributed by atoms with Gasteiger partial charge >= 0.3 is 6.18 Å². The second-order valence-electron chi connectivity index (χ2n) is 1.48. The lowest BCUT2D eigenvalue weighted by atomic mass is 10.5. The Kier molecular flexibility index (Phi) is 1.67. The average molecular weight is 216 g/mol. The smallest absolute Gasteiger partial charge is 0.252 e. The minimum atomic E-state index is -4.41. The topological polar surface area (TPSA) is 41.6 Å². The van der Waals surface area contributed by atoms with Crippen LogP contribution in [-0.2, 0) is 6.18 Å². The zero-order valence-electron chi connectivity index (χ0n) is 4.41. The number of alkyl halides is 3. The molecule has 1 heterocycles. The fourth-order valence-corrected chi connectivity index (χ4v) is 0.788. The van der Waals surface area contributed by atoms with Crippen LogP contribution in [0.4, 0.5) is 13.2 Å². The van der Waals surface area contributed by atoms with Crippen molar-refractivity contribution in [3.63, 3.8) is 0 Å². The summed E-state index contributed by atoms with van der Waals surface area (Å²) in [6, 6.07) is 0. The maximum absolute atomic E-state index is 11.7. The van der Waals surface area contributed by atoms with Crippen molar-refractivity contribution in [2.75, 3.05) is 0 Å². The molecule has 56 valence electrons. The van der Waals surface area contributed by atoms with Crippen LogP contribution >= 0.6 is 15.9 Å². The fourth-order valence-electron chi connectivity index (χ4n) is 0.395. The van der Waals surface area contributed by atoms with E-state index in [1.807, 2.05) is 0 Å². The summed E-state index contributed by atoms with van der Waals surface area (Å²) in [6.07, 6.45) is -4.41. The Bertz CT molecular complexity index is 229. The summed E-state index contributed by atoms with van der Waals surface area (Å²) in [7, 11) is 0. The summed E-state index contributed by atoms with van der Waals surface area (Å²) >= 11 is 2.58. The van der Waals surface area contributed by atoms with E-state index in [0.29, 0.717) is 0 Å². The summed E-state index contributed by atoms with van der Waals surface area (Å²) in [5.74, 6) is 0. The van der Waals surface area contributed by atoms with E-state index in [9.17, 15) is 13.2 Å². The van der Waals surface area contributed by atoms with Gasteiger partial charge in [0.05, 0.1) is 0 Å². The second-order valence-corrected chi connectivity index (χ2v) is 2.23. The summed E-state index contributed by atoms with van der Waals surface area (Å²) < 4.78 is 34.9. The van der Waals surface area contributed by atoms with E-state index in [1.54, 1.807) is 5.10 Å². The molecule has 0 atom stereocenters. The summed E-state index contributed by atoms with van der Waals surface area (Å²) in [5, 5.41) is 7.73. The van der Waals surface area contributed by atoms with E-state index in [4.69, 9.17) is 0 Å². The van der Waals surface area contributed by atoms with Gasteiger partial charge in [-0.05, 0) is 15.9 Å². The van der Waals surface area contributed by atoms with Crippen LogP contribution in [0.3, 0.4) is 0 Å². The van der Waals surface area contributed by atoms with Gasteiger partial charge in [-0.2, -0.15) is 13.2 Å². The average Bonchev–Trinajstić information content (AvgIpc) is 2.11. The molecule has 1 N–H and O–H groups in total. The monoisotopic (exact) mass is 215 g/mol. The van der Waals surface area contributed by atoms with Crippen molar-refractivity contribution in [2.24, 2.45) is 0 Å². The third-order valence-electron chi connectivity index (χ3n) is 0.789. The highest BCUT2D eigenvalue weighted by Crippen LogP contribution is 2.31. The zero-order valence-corrected chi connectivity index (χ0v) is 5.99. The molecule has 0 radical (unpaired) electrons. The van der Waals surface area contributed by atoms with E-state index in [-0.39, 0.29) is 4.60 Å². The quantitative estimate of drug-likeness (QED) is 0.715. The van der Waals surface area contributed by atoms with Gasteiger partial charge in [-0.3, -0.25) is 5.10 Å². The molecule has 10 heavy (non-hydrogen) atoms. The van der Waals surface area contributed by atoms with Crippen molar-refractivity contribution in [1.29, 1.82) is 0 Å². The lowest BCUT2D eigenvalue weighted by Gasteiger charge is -2.00. The van der Waals surface area contributed by atoms with Crippen LogP contribution in [0.5, 0.6) is 0 Å². The summed E-state index contributed by atoms with van der Waals surface area (Å²) in [5.41, 5.74) is -0.965. The van der Waals surface area contributed by atoms with Gasteiger partial charge in [-0.1, -0.05) is 5.21 Å². The van der Waals surface area contributed by atoms with E-state index in [0.717, 1.165) is 0 Å². The molecule has 7 heteroatoms. The van der Waals surface area contributed by atoms with E-state index in [1.165, 1.54) is 0 Å². The third kappa shape index (κ3) is 1.28. The molecule has 0 saturated heterocycles. The van der Waals surface area contributed by atoms with Crippen LogP contribution in [0.2, 0.25) is 0 Å². The van der Waals surface area contributed by atoms with Gasteiger partial charge in [0, 0.05) is 0 Å². The zero-order chi connectivity index (χ0) is 7.78. The number of hydrogen-bond acceptors (Lipinski definition) is 2. The lowest BCUT2D eigenvalue weighted by Crippen LogP contribution is -2.06. The van der Waals surface area contributed by atoms with Gasteiger partial charge in [0.2, 0.25) is 0 Å². The molecule has 0 amide bonds. The predicted molar refractivity (Wildman–Crippen MR) is 29.1 cm³/mol. The Morgan fingerprint density at radius 3 is 2.20 bits per heavy atom. The Hall–Kier alpha value is -0.590. The number of nitrogens with one attached hydrogen (secondary N) is 1. The maximum atomic E-state index is 11.7. The van der Waals surface area contributed by atoms with E-state index in [2.05, 4.69) is 26.2 Å². The minimum absolute atomic E-state index is 0.319. The molecule has 0 saturated carbocycles. The van der Waals surface area contributed by atoms with Crippen LogP contribution in [0.1, 0.15) is 5.69 Å². The molecular weight excluding hydrogens is 215 g/mol. The van der Waals surface area contributed by atoms with Crippen LogP contribution in [0.15, 0.2) is 4.60 Å². The number of rotatable bonds is 0. The third-order valence-corrected chi connectivity index (χ3v) is 1.34. The van der Waals surface area contributed by atoms with Crippen LogP contribution in [0, 0.1) is 0 Å². The molecule has 0 spiro atoms. The van der Waals surface area contributed by atoms with Gasteiger partial charge in [0.1, 0.15) is 0 Å². The Labute approximate surface area is 61.7 Å². The lowest BCUT2D eigenvalue weighted by molar-refractivity contribution is -0.141. The number of nitrogens with zero attached hydrogens (tertiary/aromatic N) is 2. The molecule has 0 aliphatic carbocycles. The molecule has 0 aliphatic heterocycles. The largest absolute Gasteiger partial charge is 0.435 e. The van der Waals surface area contributed by atoms with Crippen molar-refractivity contribution in [3.8, 4) is 0 Å². The predicted octanol–water partition coefficient (Wildman–Crippen LogP) is 1.59. The maximum Gasteiger partial charge on any atom is 0.435 e. The molecule has 1 aromatic heterocycles. The van der Waals surface area contributed by atoms with E-state index >= 15 is 0 Å². The molecule has 0 unspecified atom stereocenters. The normalized spacial score (nSPS) is 12.0. The van der Waals surface area contributed by atoms with Crippen LogP contribution in [-0.4, -0.2) is 15.4 Å². The SMILES string of the molecule is FC(F)(F)c1[nH]nnc1Br. The van der Waals surface area contributed by atoms with Crippen molar-refractivity contribution in [2.45, 2.75) is 6.18 Å². The standard InChI is InChI=1S/C3HBrF3N3/c4-2-1(3(5,6)7)8-10-9-2/h(H,8,9,10). The first-order valence-electron chi connectivity index (χ1n) is 2.15. The highest BCUT2D eigenvalue weighted by molar-refractivity contribution is 9.10. The van der Waals surface area contributed by atoms with Crippen molar-refractivity contribution in [1.82, 2.24) is 15.4 Å². The molecule has 3 nitrogen and oxygen atoms in total. The van der Waals surface area contributed by atoms with Gasteiger partial charge < -0.3 is 0 Å². The van der Waals surface area contributed by atoms with Crippen molar-refractivity contribution < 1.29 is 13.2 Å². The first kappa shape index (κ1) is 7.52. The summed E-state index contributed by atoms with van der Waals surface area (Å²) in [6.45, 7) is 0. The van der Waals surface area contributed by atoms with E-state index < -0.39 is 11.9 Å². The minimum Gasteiger partial charge on any atom is -0.252 e. The van der Waals surface area contributed by atoms with Crippen LogP contribution < -0.4 is 0 Å². The Balaban J connectivity index is 3.05.